The van der Waals surface area contributed by atoms with E-state index in [0.29, 0.717) is 11.8 Å². The number of thioether (sulfide) groups is 1. The molecule has 0 fully saturated rings. The van der Waals surface area contributed by atoms with Gasteiger partial charge in [0, 0.05) is 5.75 Å². The van der Waals surface area contributed by atoms with Crippen LogP contribution in [0.25, 0.3) is 15.7 Å². The molecule has 0 amide bonds. The van der Waals surface area contributed by atoms with Crippen LogP contribution in [0, 0.1) is 6.57 Å². The predicted octanol–water partition coefficient (Wildman–Crippen LogP) is 3.98. The molecule has 0 aliphatic heterocycles. The van der Waals surface area contributed by atoms with Crippen molar-refractivity contribution in [3.05, 3.63) is 40.9 Å². The summed E-state index contributed by atoms with van der Waals surface area (Å²) in [5.41, 5.74) is -3.67. The molecule has 0 spiro atoms. The molecule has 1 N–H and O–H groups in total. The highest BCUT2D eigenvalue weighted by Gasteiger charge is 2.36. The van der Waals surface area contributed by atoms with Gasteiger partial charge >= 0.3 is 6.18 Å². The fourth-order valence-corrected chi connectivity index (χ4v) is 4.52. The van der Waals surface area contributed by atoms with Gasteiger partial charge < -0.3 is 5.11 Å². The number of aliphatic hydroxyl groups is 1. The minimum absolute atomic E-state index is 0.0359. The molecule has 1 atom stereocenters. The third-order valence-electron chi connectivity index (χ3n) is 3.77. The first-order valence-corrected chi connectivity index (χ1v) is 10.5. The minimum atomic E-state index is -4.80. The summed E-state index contributed by atoms with van der Waals surface area (Å²) in [5.74, 6) is 0.840. The maximum atomic E-state index is 13.2. The predicted molar refractivity (Wildman–Crippen MR) is 96.0 cm³/mol. The molecular weight excluding hydrogens is 389 g/mol. The van der Waals surface area contributed by atoms with Crippen LogP contribution in [-0.4, -0.2) is 35.3 Å². The molecule has 142 valence electrons. The molecule has 5 nitrogen and oxygen atoms in total. The van der Waals surface area contributed by atoms with Crippen LogP contribution >= 0.6 is 11.8 Å². The Morgan fingerprint density at radius 2 is 1.92 bits per heavy atom. The summed E-state index contributed by atoms with van der Waals surface area (Å²) in [7, 11) is -4.00. The van der Waals surface area contributed by atoms with Crippen molar-refractivity contribution in [2.45, 2.75) is 25.6 Å². The van der Waals surface area contributed by atoms with Gasteiger partial charge in [-0.15, -0.1) is 0 Å². The Bertz CT molecular complexity index is 987. The second-order valence-electron chi connectivity index (χ2n) is 6.01. The molecule has 26 heavy (non-hydrogen) atoms. The van der Waals surface area contributed by atoms with Crippen LogP contribution in [0.15, 0.2) is 18.2 Å². The molecule has 0 bridgehead atoms. The Kier molecular flexibility index (Phi) is 5.38. The lowest BCUT2D eigenvalue weighted by atomic mass is 10.1. The van der Waals surface area contributed by atoms with Crippen LogP contribution in [0.1, 0.15) is 25.1 Å². The Hall–Kier alpha value is -1.70. The van der Waals surface area contributed by atoms with Gasteiger partial charge in [-0.2, -0.15) is 24.9 Å². The van der Waals surface area contributed by atoms with E-state index in [1.165, 1.54) is 24.8 Å². The number of hydrogen-bond donors (Lipinski definition) is 1. The van der Waals surface area contributed by atoms with Crippen LogP contribution in [0.3, 0.4) is 0 Å². The third-order valence-corrected chi connectivity index (χ3v) is 6.00. The van der Waals surface area contributed by atoms with Gasteiger partial charge in [-0.1, -0.05) is 6.92 Å². The number of rotatable bonds is 5. The van der Waals surface area contributed by atoms with E-state index in [9.17, 15) is 26.7 Å². The van der Waals surface area contributed by atoms with Crippen molar-refractivity contribution in [3.8, 4) is 0 Å². The molecule has 2 rings (SSSR count). The Morgan fingerprint density at radius 3 is 2.38 bits per heavy atom. The van der Waals surface area contributed by atoms with Gasteiger partial charge in [0.1, 0.15) is 5.60 Å². The average Bonchev–Trinajstić information content (AvgIpc) is 2.90. The fraction of sp³-hybridized carbons (Fsp3) is 0.438. The van der Waals surface area contributed by atoms with Crippen molar-refractivity contribution in [1.82, 2.24) is 3.97 Å². The molecule has 2 aromatic rings. The molecule has 10 heteroatoms. The Labute approximate surface area is 153 Å². The summed E-state index contributed by atoms with van der Waals surface area (Å²) in [6.07, 6.45) is -3.95. The van der Waals surface area contributed by atoms with E-state index < -0.39 is 33.1 Å². The summed E-state index contributed by atoms with van der Waals surface area (Å²) in [4.78, 5) is 2.90. The van der Waals surface area contributed by atoms with Gasteiger partial charge in [0.25, 0.3) is 0 Å². The molecular formula is C16H17F3N2O3S2. The normalized spacial score (nSPS) is 15.0. The number of hydrogen-bond acceptors (Lipinski definition) is 4. The first-order valence-electron chi connectivity index (χ1n) is 7.48. The van der Waals surface area contributed by atoms with Crippen LogP contribution < -0.4 is 0 Å². The average molecular weight is 406 g/mol. The number of benzene rings is 1. The summed E-state index contributed by atoms with van der Waals surface area (Å²) in [6, 6.07) is 2.97. The minimum Gasteiger partial charge on any atom is -0.383 e. The molecule has 1 unspecified atom stereocenters. The van der Waals surface area contributed by atoms with Crippen molar-refractivity contribution in [3.63, 3.8) is 0 Å². The van der Waals surface area contributed by atoms with Gasteiger partial charge in [-0.25, -0.2) is 17.2 Å². The van der Waals surface area contributed by atoms with Crippen LogP contribution in [0.4, 0.5) is 18.9 Å². The SMILES string of the molecule is [C-]#[N+]c1cc2cc(C(C)(O)CSCC)n(S(C)(=O)=O)c2cc1C(F)(F)F. The molecule has 0 aliphatic carbocycles. The maximum absolute atomic E-state index is 13.2. The monoisotopic (exact) mass is 406 g/mol. The highest BCUT2D eigenvalue weighted by Crippen LogP contribution is 2.41. The summed E-state index contributed by atoms with van der Waals surface area (Å²) in [6.45, 7) is 10.3. The second kappa shape index (κ2) is 6.79. The zero-order chi connectivity index (χ0) is 19.9. The number of nitrogens with zero attached hydrogens (tertiary/aromatic N) is 2. The first-order chi connectivity index (χ1) is 11.8. The lowest BCUT2D eigenvalue weighted by molar-refractivity contribution is -0.136. The molecule has 0 saturated heterocycles. The van der Waals surface area contributed by atoms with Gasteiger partial charge in [-0.3, -0.25) is 0 Å². The maximum Gasteiger partial charge on any atom is 0.407 e. The topological polar surface area (TPSA) is 63.7 Å². The Morgan fingerprint density at radius 1 is 1.31 bits per heavy atom. The van der Waals surface area contributed by atoms with E-state index in [2.05, 4.69) is 4.85 Å². The van der Waals surface area contributed by atoms with E-state index in [4.69, 9.17) is 6.57 Å². The molecule has 1 heterocycles. The van der Waals surface area contributed by atoms with Crippen molar-refractivity contribution in [2.75, 3.05) is 17.8 Å². The molecule has 1 aromatic carbocycles. The highest BCUT2D eigenvalue weighted by atomic mass is 32.2. The van der Waals surface area contributed by atoms with Gasteiger partial charge in [0.2, 0.25) is 10.0 Å². The van der Waals surface area contributed by atoms with Crippen LogP contribution in [0.5, 0.6) is 0 Å². The largest absolute Gasteiger partial charge is 0.407 e. The smallest absolute Gasteiger partial charge is 0.383 e. The van der Waals surface area contributed by atoms with Crippen molar-refractivity contribution in [1.29, 1.82) is 0 Å². The number of aromatic nitrogens is 1. The zero-order valence-electron chi connectivity index (χ0n) is 14.3. The Balaban J connectivity index is 2.91. The zero-order valence-corrected chi connectivity index (χ0v) is 15.9. The number of alkyl halides is 3. The fourth-order valence-electron chi connectivity index (χ4n) is 2.65. The summed E-state index contributed by atoms with van der Waals surface area (Å²) >= 11 is 1.37. The van der Waals surface area contributed by atoms with Crippen LogP contribution in [0.2, 0.25) is 0 Å². The van der Waals surface area contributed by atoms with Crippen molar-refractivity contribution < 1.29 is 26.7 Å². The van der Waals surface area contributed by atoms with Crippen LogP contribution in [-0.2, 0) is 21.8 Å². The lowest BCUT2D eigenvalue weighted by Gasteiger charge is -2.24. The van der Waals surface area contributed by atoms with Crippen molar-refractivity contribution in [2.24, 2.45) is 0 Å². The number of fused-ring (bicyclic) bond motifs is 1. The van der Waals surface area contributed by atoms with E-state index in [1.807, 2.05) is 6.92 Å². The molecule has 0 saturated carbocycles. The highest BCUT2D eigenvalue weighted by molar-refractivity contribution is 7.99. The van der Waals surface area contributed by atoms with E-state index >= 15 is 0 Å². The molecule has 1 aromatic heterocycles. The second-order valence-corrected chi connectivity index (χ2v) is 9.11. The van der Waals surface area contributed by atoms with Gasteiger partial charge in [0.05, 0.1) is 29.6 Å². The van der Waals surface area contributed by atoms with Gasteiger partial charge in [-0.05, 0) is 36.3 Å². The van der Waals surface area contributed by atoms with E-state index in [1.54, 1.807) is 0 Å². The summed E-state index contributed by atoms with van der Waals surface area (Å²) in [5, 5.41) is 10.9. The van der Waals surface area contributed by atoms with Crippen molar-refractivity contribution >= 4 is 38.4 Å². The third kappa shape index (κ3) is 3.84. The lowest BCUT2D eigenvalue weighted by Crippen LogP contribution is -2.30. The number of halogens is 3. The standard InChI is InChI=1S/C16H17F3N2O3S2/c1-5-25-9-15(2,22)14-7-10-6-12(20-3)11(16(17,18)19)8-13(10)21(14)26(4,23)24/h6-8,22H,5,9H2,1-2,4H3. The quantitative estimate of drug-likeness (QED) is 0.763. The molecule has 0 aliphatic rings. The summed E-state index contributed by atoms with van der Waals surface area (Å²) < 4.78 is 65.0. The van der Waals surface area contributed by atoms with Gasteiger partial charge in [0.15, 0.2) is 5.69 Å². The first kappa shape index (κ1) is 20.6. The molecule has 0 radical (unpaired) electrons. The van der Waals surface area contributed by atoms with E-state index in [-0.39, 0.29) is 22.3 Å². The van der Waals surface area contributed by atoms with E-state index in [0.717, 1.165) is 16.3 Å².